The molecule has 120 valence electrons. The van der Waals surface area contributed by atoms with Crippen molar-refractivity contribution in [1.29, 1.82) is 0 Å². The average Bonchev–Trinajstić information content (AvgIpc) is 2.92. The number of benzene rings is 1. The molecule has 22 heavy (non-hydrogen) atoms. The van der Waals surface area contributed by atoms with Crippen molar-refractivity contribution in [3.05, 3.63) is 42.2 Å². The van der Waals surface area contributed by atoms with Crippen molar-refractivity contribution in [2.24, 2.45) is 0 Å². The van der Waals surface area contributed by atoms with Gasteiger partial charge in [-0.2, -0.15) is 5.10 Å². The van der Waals surface area contributed by atoms with E-state index in [1.165, 1.54) is 0 Å². The van der Waals surface area contributed by atoms with Crippen LogP contribution in [0.25, 0.3) is 11.1 Å². The number of aromatic nitrogens is 2. The second-order valence-electron chi connectivity index (χ2n) is 5.22. The molecule has 1 aromatic heterocycles. The Morgan fingerprint density at radius 3 is 2.55 bits per heavy atom. The van der Waals surface area contributed by atoms with Crippen LogP contribution in [0.15, 0.2) is 36.7 Å². The predicted molar refractivity (Wildman–Crippen MR) is 85.9 cm³/mol. The van der Waals surface area contributed by atoms with Gasteiger partial charge in [-0.05, 0) is 18.1 Å². The fourth-order valence-corrected chi connectivity index (χ4v) is 2.95. The van der Waals surface area contributed by atoms with Crippen LogP contribution < -0.4 is 4.72 Å². The summed E-state index contributed by atoms with van der Waals surface area (Å²) in [5, 5.41) is 4.28. The van der Waals surface area contributed by atoms with E-state index in [1.54, 1.807) is 7.11 Å². The first kappa shape index (κ1) is 16.7. The minimum absolute atomic E-state index is 0.256. The number of hydrogen-bond acceptors (Lipinski definition) is 4. The van der Waals surface area contributed by atoms with Crippen LogP contribution in [0, 0.1) is 0 Å². The number of rotatable bonds is 7. The Labute approximate surface area is 131 Å². The van der Waals surface area contributed by atoms with Gasteiger partial charge in [-0.25, -0.2) is 13.1 Å². The molecule has 0 radical (unpaired) electrons. The topological polar surface area (TPSA) is 73.2 Å². The van der Waals surface area contributed by atoms with Gasteiger partial charge in [-0.15, -0.1) is 0 Å². The molecule has 2 aromatic rings. The van der Waals surface area contributed by atoms with Gasteiger partial charge in [0, 0.05) is 24.9 Å². The van der Waals surface area contributed by atoms with Crippen molar-refractivity contribution < 1.29 is 13.2 Å². The van der Waals surface area contributed by atoms with E-state index in [-0.39, 0.29) is 6.04 Å². The highest BCUT2D eigenvalue weighted by Gasteiger charge is 2.11. The molecule has 2 rings (SSSR count). The molecule has 0 bridgehead atoms. The third-order valence-electron chi connectivity index (χ3n) is 3.29. The van der Waals surface area contributed by atoms with E-state index in [2.05, 4.69) is 9.82 Å². The van der Waals surface area contributed by atoms with Crippen molar-refractivity contribution in [1.82, 2.24) is 14.5 Å². The van der Waals surface area contributed by atoms with Crippen molar-refractivity contribution >= 4 is 10.0 Å². The summed E-state index contributed by atoms with van der Waals surface area (Å²) >= 11 is 0. The summed E-state index contributed by atoms with van der Waals surface area (Å²) in [5.41, 5.74) is 2.98. The molecule has 7 heteroatoms. The summed E-state index contributed by atoms with van der Waals surface area (Å²) in [6, 6.07) is 7.52. The van der Waals surface area contributed by atoms with E-state index in [0.29, 0.717) is 13.2 Å². The highest BCUT2D eigenvalue weighted by molar-refractivity contribution is 7.88. The molecule has 1 heterocycles. The summed E-state index contributed by atoms with van der Waals surface area (Å²) in [6.45, 7) is 3.15. The summed E-state index contributed by atoms with van der Waals surface area (Å²) in [7, 11) is -1.55. The van der Waals surface area contributed by atoms with Crippen LogP contribution >= 0.6 is 0 Å². The van der Waals surface area contributed by atoms with Crippen LogP contribution in [0.4, 0.5) is 0 Å². The second-order valence-corrected chi connectivity index (χ2v) is 7.00. The van der Waals surface area contributed by atoms with E-state index in [1.807, 2.05) is 48.3 Å². The third kappa shape index (κ3) is 4.66. The van der Waals surface area contributed by atoms with Crippen LogP contribution in [0.3, 0.4) is 0 Å². The molecule has 0 unspecified atom stereocenters. The number of ether oxygens (including phenoxy) is 1. The smallest absolute Gasteiger partial charge is 0.209 e. The van der Waals surface area contributed by atoms with E-state index in [0.717, 1.165) is 22.9 Å². The lowest BCUT2D eigenvalue weighted by atomic mass is 10.0. The van der Waals surface area contributed by atoms with E-state index in [4.69, 9.17) is 4.74 Å². The standard InChI is InChI=1S/C15H21N3O3S/c1-12(17-22(3,19)20)13-4-6-14(7-5-13)15-10-16-18(11-15)8-9-21-2/h4-7,10-12,17H,8-9H2,1-3H3/t12-/m0/s1. The molecule has 1 N–H and O–H groups in total. The highest BCUT2D eigenvalue weighted by atomic mass is 32.2. The summed E-state index contributed by atoms with van der Waals surface area (Å²) in [4.78, 5) is 0. The molecule has 0 saturated heterocycles. The van der Waals surface area contributed by atoms with Crippen molar-refractivity contribution in [2.75, 3.05) is 20.0 Å². The molecule has 0 aliphatic carbocycles. The van der Waals surface area contributed by atoms with Crippen molar-refractivity contribution in [3.63, 3.8) is 0 Å². The Kier molecular flexibility index (Phi) is 5.33. The molecule has 1 aromatic carbocycles. The van der Waals surface area contributed by atoms with Gasteiger partial charge in [-0.3, -0.25) is 4.68 Å². The van der Waals surface area contributed by atoms with Gasteiger partial charge < -0.3 is 4.74 Å². The first-order chi connectivity index (χ1) is 10.4. The highest BCUT2D eigenvalue weighted by Crippen LogP contribution is 2.21. The first-order valence-corrected chi connectivity index (χ1v) is 8.87. The second kappa shape index (κ2) is 7.04. The molecular weight excluding hydrogens is 302 g/mol. The fourth-order valence-electron chi connectivity index (χ4n) is 2.17. The third-order valence-corrected chi connectivity index (χ3v) is 4.07. The molecule has 0 fully saturated rings. The molecule has 6 nitrogen and oxygen atoms in total. The Morgan fingerprint density at radius 2 is 1.95 bits per heavy atom. The monoisotopic (exact) mass is 323 g/mol. The zero-order chi connectivity index (χ0) is 16.2. The molecular formula is C15H21N3O3S. The molecule has 0 amide bonds. The van der Waals surface area contributed by atoms with Crippen LogP contribution in [0.1, 0.15) is 18.5 Å². The Bertz CT molecular complexity index is 708. The Hall–Kier alpha value is -1.70. The fraction of sp³-hybridized carbons (Fsp3) is 0.400. The maximum Gasteiger partial charge on any atom is 0.209 e. The normalized spacial score (nSPS) is 13.2. The van der Waals surface area contributed by atoms with Gasteiger partial charge in [0.2, 0.25) is 10.0 Å². The zero-order valence-corrected chi connectivity index (χ0v) is 13.8. The van der Waals surface area contributed by atoms with Gasteiger partial charge >= 0.3 is 0 Å². The van der Waals surface area contributed by atoms with Crippen LogP contribution in [-0.4, -0.2) is 38.2 Å². The van der Waals surface area contributed by atoms with Crippen LogP contribution in [0.2, 0.25) is 0 Å². The molecule has 0 aliphatic heterocycles. The van der Waals surface area contributed by atoms with Gasteiger partial charge in [0.15, 0.2) is 0 Å². The molecule has 0 spiro atoms. The predicted octanol–water partition coefficient (Wildman–Crippen LogP) is 1.81. The lowest BCUT2D eigenvalue weighted by Crippen LogP contribution is -2.25. The van der Waals surface area contributed by atoms with Gasteiger partial charge in [0.05, 0.1) is 25.6 Å². The number of nitrogens with zero attached hydrogens (tertiary/aromatic N) is 2. The summed E-state index contributed by atoms with van der Waals surface area (Å²) in [6.07, 6.45) is 4.93. The van der Waals surface area contributed by atoms with Crippen LogP contribution in [0.5, 0.6) is 0 Å². The molecule has 0 saturated carbocycles. The minimum Gasteiger partial charge on any atom is -0.383 e. The Morgan fingerprint density at radius 1 is 1.27 bits per heavy atom. The maximum atomic E-state index is 11.3. The van der Waals surface area contributed by atoms with E-state index < -0.39 is 10.0 Å². The average molecular weight is 323 g/mol. The van der Waals surface area contributed by atoms with Gasteiger partial charge in [0.1, 0.15) is 0 Å². The molecule has 1 atom stereocenters. The number of hydrogen-bond donors (Lipinski definition) is 1. The lowest BCUT2D eigenvalue weighted by molar-refractivity contribution is 0.183. The number of methoxy groups -OCH3 is 1. The lowest BCUT2D eigenvalue weighted by Gasteiger charge is -2.12. The minimum atomic E-state index is -3.21. The zero-order valence-electron chi connectivity index (χ0n) is 13.0. The largest absolute Gasteiger partial charge is 0.383 e. The van der Waals surface area contributed by atoms with Gasteiger partial charge in [0.25, 0.3) is 0 Å². The van der Waals surface area contributed by atoms with Crippen molar-refractivity contribution in [2.45, 2.75) is 19.5 Å². The summed E-state index contributed by atoms with van der Waals surface area (Å²) in [5.74, 6) is 0. The first-order valence-electron chi connectivity index (χ1n) is 6.98. The quantitative estimate of drug-likeness (QED) is 0.843. The van der Waals surface area contributed by atoms with E-state index >= 15 is 0 Å². The summed E-state index contributed by atoms with van der Waals surface area (Å²) < 4.78 is 31.9. The number of sulfonamides is 1. The van der Waals surface area contributed by atoms with Crippen molar-refractivity contribution in [3.8, 4) is 11.1 Å². The van der Waals surface area contributed by atoms with E-state index in [9.17, 15) is 8.42 Å². The van der Waals surface area contributed by atoms with Crippen LogP contribution in [-0.2, 0) is 21.3 Å². The number of nitrogens with one attached hydrogen (secondary N) is 1. The SMILES string of the molecule is COCCn1cc(-c2ccc([C@H](C)NS(C)(=O)=O)cc2)cn1. The Balaban J connectivity index is 2.10. The maximum absolute atomic E-state index is 11.3. The van der Waals surface area contributed by atoms with Gasteiger partial charge in [-0.1, -0.05) is 24.3 Å². The molecule has 0 aliphatic rings.